The van der Waals surface area contributed by atoms with Crippen LogP contribution in [0.1, 0.15) is 107 Å². The summed E-state index contributed by atoms with van der Waals surface area (Å²) in [6, 6.07) is 13.7. The average molecular weight is 718 g/mol. The molecule has 5 aliphatic rings. The highest BCUT2D eigenvalue weighted by Crippen LogP contribution is 2.63. The Hall–Kier alpha value is -4.81. The van der Waals surface area contributed by atoms with Gasteiger partial charge in [0.25, 0.3) is 11.8 Å². The topological polar surface area (TPSA) is 146 Å². The molecule has 2 fully saturated rings. The highest BCUT2D eigenvalue weighted by molar-refractivity contribution is 6.07. The first-order valence-electron chi connectivity index (χ1n) is 19.2. The zero-order valence-corrected chi connectivity index (χ0v) is 30.5. The van der Waals surface area contributed by atoms with Gasteiger partial charge in [-0.05, 0) is 117 Å². The Bertz CT molecular complexity index is 2160. The van der Waals surface area contributed by atoms with Crippen LogP contribution in [0.15, 0.2) is 42.5 Å². The molecule has 12 nitrogen and oxygen atoms in total. The summed E-state index contributed by atoms with van der Waals surface area (Å²) in [7, 11) is 1.92. The quantitative estimate of drug-likeness (QED) is 0.212. The number of amides is 2. The first-order valence-corrected chi connectivity index (χ1v) is 19.2. The fraction of sp³-hybridized carbons (Fsp3) is 0.488. The number of hydrogen-bond donors (Lipinski definition) is 3. The molecule has 276 valence electrons. The maximum absolute atomic E-state index is 13.8. The van der Waals surface area contributed by atoms with Crippen molar-refractivity contribution in [2.75, 3.05) is 29.9 Å². The largest absolute Gasteiger partial charge is 0.481 e. The van der Waals surface area contributed by atoms with Crippen LogP contribution in [0.2, 0.25) is 0 Å². The van der Waals surface area contributed by atoms with Crippen molar-refractivity contribution in [2.24, 2.45) is 17.9 Å². The van der Waals surface area contributed by atoms with E-state index < -0.39 is 17.5 Å². The Morgan fingerprint density at radius 1 is 1.00 bits per heavy atom. The highest BCUT2D eigenvalue weighted by Gasteiger charge is 2.57. The van der Waals surface area contributed by atoms with Crippen LogP contribution in [-0.4, -0.2) is 71.9 Å². The molecule has 12 heteroatoms. The Morgan fingerprint density at radius 2 is 1.79 bits per heavy atom. The predicted octanol–water partition coefficient (Wildman–Crippen LogP) is 5.66. The molecule has 3 N–H and O–H groups in total. The monoisotopic (exact) mass is 717 g/mol. The molecule has 5 heterocycles. The van der Waals surface area contributed by atoms with Crippen LogP contribution in [0.4, 0.5) is 11.4 Å². The summed E-state index contributed by atoms with van der Waals surface area (Å²) in [4.78, 5) is 48.5. The van der Waals surface area contributed by atoms with E-state index in [4.69, 9.17) is 4.98 Å². The van der Waals surface area contributed by atoms with Gasteiger partial charge in [-0.2, -0.15) is 5.10 Å². The third kappa shape index (κ3) is 5.60. The third-order valence-electron chi connectivity index (χ3n) is 13.3. The lowest BCUT2D eigenvalue weighted by Crippen LogP contribution is -2.34. The van der Waals surface area contributed by atoms with Crippen molar-refractivity contribution < 1.29 is 24.6 Å². The second-order valence-corrected chi connectivity index (χ2v) is 16.2. The molecule has 53 heavy (non-hydrogen) atoms. The Labute approximate surface area is 308 Å². The molecule has 3 aliphatic heterocycles. The summed E-state index contributed by atoms with van der Waals surface area (Å²) in [5.74, 6) is -0.641. The highest BCUT2D eigenvalue weighted by atomic mass is 16.4. The second kappa shape index (κ2) is 12.7. The number of aliphatic hydroxyl groups is 1. The third-order valence-corrected chi connectivity index (χ3v) is 13.3. The van der Waals surface area contributed by atoms with E-state index in [1.807, 2.05) is 42.8 Å². The van der Waals surface area contributed by atoms with Gasteiger partial charge in [0.15, 0.2) is 11.5 Å². The van der Waals surface area contributed by atoms with Crippen molar-refractivity contribution in [3.63, 3.8) is 0 Å². The summed E-state index contributed by atoms with van der Waals surface area (Å²) in [6.45, 7) is 5.76. The number of carbonyl (C=O) groups excluding carboxylic acids is 2. The number of aryl methyl sites for hydroxylation is 1. The van der Waals surface area contributed by atoms with Crippen LogP contribution < -0.4 is 10.2 Å². The number of nitrogens with zero attached hydrogens (tertiary/aromatic N) is 6. The van der Waals surface area contributed by atoms with E-state index in [2.05, 4.69) is 27.4 Å². The van der Waals surface area contributed by atoms with E-state index in [0.29, 0.717) is 55.4 Å². The molecule has 4 aromatic rings. The molecule has 2 bridgehead atoms. The summed E-state index contributed by atoms with van der Waals surface area (Å²) in [5.41, 5.74) is 8.37. The fourth-order valence-corrected chi connectivity index (χ4v) is 10.2. The van der Waals surface area contributed by atoms with Crippen molar-refractivity contribution in [2.45, 2.75) is 90.3 Å². The van der Waals surface area contributed by atoms with Crippen molar-refractivity contribution >= 4 is 29.2 Å². The summed E-state index contributed by atoms with van der Waals surface area (Å²) in [5, 5.41) is 27.9. The van der Waals surface area contributed by atoms with E-state index in [1.165, 1.54) is 0 Å². The molecule has 1 atom stereocenters. The van der Waals surface area contributed by atoms with Gasteiger partial charge in [-0.1, -0.05) is 24.3 Å². The first kappa shape index (κ1) is 34.0. The zero-order chi connectivity index (χ0) is 36.6. The molecule has 2 aromatic heterocycles. The van der Waals surface area contributed by atoms with Gasteiger partial charge in [0.1, 0.15) is 0 Å². The number of carboxylic acid groups (broad SMARTS) is 1. The van der Waals surface area contributed by atoms with Gasteiger partial charge in [0, 0.05) is 56.7 Å². The van der Waals surface area contributed by atoms with Crippen LogP contribution >= 0.6 is 0 Å². The van der Waals surface area contributed by atoms with Gasteiger partial charge in [0.05, 0.1) is 22.9 Å². The number of imidazole rings is 1. The Kier molecular flexibility index (Phi) is 8.12. The SMILES string of the molecule is Cc1c(NC(=O)c2nc3c(n2C)CCN(CCC24CCC(C(=O)O)(CC2)C4)C3)cccc1-c1cccc2c1CCN2C(=O)c1cc2n(n1)CCCC2O. The molecule has 1 unspecified atom stereocenters. The van der Waals surface area contributed by atoms with Crippen LogP contribution in [0, 0.1) is 17.8 Å². The maximum atomic E-state index is 13.8. The van der Waals surface area contributed by atoms with Crippen LogP contribution in [0.3, 0.4) is 0 Å². The predicted molar refractivity (Wildman–Crippen MR) is 199 cm³/mol. The number of nitrogens with one attached hydrogen (secondary N) is 1. The number of anilines is 2. The second-order valence-electron chi connectivity index (χ2n) is 16.2. The van der Waals surface area contributed by atoms with E-state index in [-0.39, 0.29) is 17.2 Å². The minimum Gasteiger partial charge on any atom is -0.481 e. The summed E-state index contributed by atoms with van der Waals surface area (Å²) < 4.78 is 3.69. The van der Waals surface area contributed by atoms with E-state index in [9.17, 15) is 24.6 Å². The number of hydrogen-bond acceptors (Lipinski definition) is 7. The molecule has 0 saturated heterocycles. The number of carboxylic acids is 1. The average Bonchev–Trinajstić information content (AvgIpc) is 3.99. The van der Waals surface area contributed by atoms with E-state index in [0.717, 1.165) is 104 Å². The molecule has 2 aromatic carbocycles. The smallest absolute Gasteiger partial charge is 0.309 e. The van der Waals surface area contributed by atoms with Crippen LogP contribution in [-0.2, 0) is 37.8 Å². The Balaban J connectivity index is 0.896. The number of rotatable bonds is 8. The molecule has 2 amide bonds. The lowest BCUT2D eigenvalue weighted by atomic mass is 9.80. The lowest BCUT2D eigenvalue weighted by molar-refractivity contribution is -0.148. The van der Waals surface area contributed by atoms with Gasteiger partial charge < -0.3 is 25.0 Å². The van der Waals surface area contributed by atoms with E-state index in [1.54, 1.807) is 15.6 Å². The number of fused-ring (bicyclic) bond motifs is 5. The number of carbonyl (C=O) groups is 3. The lowest BCUT2D eigenvalue weighted by Gasteiger charge is -2.32. The van der Waals surface area contributed by atoms with Crippen molar-refractivity contribution in [1.82, 2.24) is 24.2 Å². The first-order chi connectivity index (χ1) is 25.5. The van der Waals surface area contributed by atoms with Gasteiger partial charge in [-0.3, -0.25) is 24.0 Å². The van der Waals surface area contributed by atoms with Gasteiger partial charge in [-0.15, -0.1) is 0 Å². The normalized spacial score (nSPS) is 24.6. The number of aliphatic hydroxyl groups excluding tert-OH is 1. The molecule has 9 rings (SSSR count). The molecule has 0 spiro atoms. The van der Waals surface area contributed by atoms with Gasteiger partial charge in [0.2, 0.25) is 0 Å². The van der Waals surface area contributed by atoms with Crippen LogP contribution in [0.5, 0.6) is 0 Å². The molecule has 2 aliphatic carbocycles. The molecular formula is C41H47N7O5. The number of aliphatic carboxylic acids is 1. The van der Waals surface area contributed by atoms with Crippen molar-refractivity contribution in [3.05, 3.63) is 82.2 Å². The molecule has 2 saturated carbocycles. The van der Waals surface area contributed by atoms with E-state index >= 15 is 0 Å². The number of aromatic nitrogens is 4. The molecular weight excluding hydrogens is 670 g/mol. The van der Waals surface area contributed by atoms with Crippen molar-refractivity contribution in [1.29, 1.82) is 0 Å². The number of benzene rings is 2. The minimum absolute atomic E-state index is 0.155. The maximum Gasteiger partial charge on any atom is 0.309 e. The minimum atomic E-state index is -0.614. The fourth-order valence-electron chi connectivity index (χ4n) is 10.2. The summed E-state index contributed by atoms with van der Waals surface area (Å²) >= 11 is 0. The van der Waals surface area contributed by atoms with Crippen LogP contribution in [0.25, 0.3) is 11.1 Å². The summed E-state index contributed by atoms with van der Waals surface area (Å²) in [6.07, 6.45) is 7.90. The molecule has 0 radical (unpaired) electrons. The van der Waals surface area contributed by atoms with Gasteiger partial charge in [-0.25, -0.2) is 4.98 Å². The van der Waals surface area contributed by atoms with Gasteiger partial charge >= 0.3 is 5.97 Å². The standard InChI is InChI=1S/C41H47N7O5/c1-25-26(27-7-4-9-32-28(27)11-20-47(32)38(51)30-22-34-35(49)10-5-18-48(34)44-30)6-3-8-29(25)43-37(50)36-42-31-23-46(19-12-33(31)45(36)2)21-17-40-13-15-41(24-40,16-14-40)39(52)53/h3-4,6-9,22,35,49H,5,10-21,23-24H2,1-2H3,(H,43,50)(H,52,53). The van der Waals surface area contributed by atoms with Crippen molar-refractivity contribution in [3.8, 4) is 11.1 Å². The zero-order valence-electron chi connectivity index (χ0n) is 30.5. The Morgan fingerprint density at radius 3 is 2.57 bits per heavy atom.